The Labute approximate surface area is 99.0 Å². The fourth-order valence-electron chi connectivity index (χ4n) is 1.74. The third kappa shape index (κ3) is 2.48. The predicted octanol–water partition coefficient (Wildman–Crippen LogP) is 2.46. The monoisotopic (exact) mass is 269 g/mol. The van der Waals surface area contributed by atoms with Crippen LogP contribution in [-0.2, 0) is 0 Å². The fourth-order valence-corrected chi connectivity index (χ4v) is 2.12. The Morgan fingerprint density at radius 1 is 1.47 bits per heavy atom. The van der Waals surface area contributed by atoms with Crippen molar-refractivity contribution in [2.75, 3.05) is 16.8 Å². The van der Waals surface area contributed by atoms with Crippen molar-refractivity contribution in [1.82, 2.24) is 9.97 Å². The van der Waals surface area contributed by atoms with Crippen molar-refractivity contribution >= 4 is 21.7 Å². The number of rotatable bonds is 4. The lowest BCUT2D eigenvalue weighted by molar-refractivity contribution is 0.798. The maximum atomic E-state index is 4.60. The van der Waals surface area contributed by atoms with E-state index in [1.807, 2.05) is 20.0 Å². The number of hydrogen-bond donors (Lipinski definition) is 0. The highest BCUT2D eigenvalue weighted by Gasteiger charge is 2.30. The predicted molar refractivity (Wildman–Crippen MR) is 65.7 cm³/mol. The number of alkyl halides is 1. The first-order valence-corrected chi connectivity index (χ1v) is 6.47. The summed E-state index contributed by atoms with van der Waals surface area (Å²) < 4.78 is 0. The summed E-state index contributed by atoms with van der Waals surface area (Å²) in [5.74, 6) is 1.07. The molecule has 3 nitrogen and oxygen atoms in total. The van der Waals surface area contributed by atoms with Crippen LogP contribution in [0.2, 0.25) is 0 Å². The number of aryl methyl sites for hydroxylation is 2. The van der Waals surface area contributed by atoms with Crippen LogP contribution in [0.1, 0.15) is 24.2 Å². The smallest absolute Gasteiger partial charge is 0.150 e. The van der Waals surface area contributed by atoms with Crippen LogP contribution in [0.4, 0.5) is 5.82 Å². The van der Waals surface area contributed by atoms with Crippen molar-refractivity contribution < 1.29 is 0 Å². The molecule has 0 unspecified atom stereocenters. The zero-order chi connectivity index (χ0) is 10.8. The molecule has 0 N–H and O–H groups in total. The van der Waals surface area contributed by atoms with E-state index >= 15 is 0 Å². The molecule has 1 saturated carbocycles. The molecule has 0 spiro atoms. The van der Waals surface area contributed by atoms with E-state index in [-0.39, 0.29) is 0 Å². The first-order valence-electron chi connectivity index (χ1n) is 5.35. The van der Waals surface area contributed by atoms with Gasteiger partial charge in [0.2, 0.25) is 0 Å². The quantitative estimate of drug-likeness (QED) is 0.787. The number of nitrogens with zero attached hydrogens (tertiary/aromatic N) is 3. The Hall–Kier alpha value is -0.640. The van der Waals surface area contributed by atoms with Gasteiger partial charge in [0, 0.05) is 24.1 Å². The molecule has 1 aliphatic carbocycles. The average Bonchev–Trinajstić information content (AvgIpc) is 3.02. The van der Waals surface area contributed by atoms with Crippen molar-refractivity contribution in [2.45, 2.75) is 32.7 Å². The zero-order valence-corrected chi connectivity index (χ0v) is 10.8. The van der Waals surface area contributed by atoms with Gasteiger partial charge in [0.25, 0.3) is 0 Å². The molecule has 1 fully saturated rings. The van der Waals surface area contributed by atoms with Gasteiger partial charge in [-0.15, -0.1) is 0 Å². The molecule has 0 radical (unpaired) electrons. The van der Waals surface area contributed by atoms with E-state index in [0.29, 0.717) is 6.04 Å². The van der Waals surface area contributed by atoms with Gasteiger partial charge in [-0.25, -0.2) is 4.98 Å². The van der Waals surface area contributed by atoms with Crippen LogP contribution in [0.15, 0.2) is 6.20 Å². The lowest BCUT2D eigenvalue weighted by Crippen LogP contribution is -2.29. The highest BCUT2D eigenvalue weighted by atomic mass is 79.9. The maximum Gasteiger partial charge on any atom is 0.150 e. The molecule has 1 aromatic heterocycles. The van der Waals surface area contributed by atoms with Crippen LogP contribution in [-0.4, -0.2) is 27.9 Å². The summed E-state index contributed by atoms with van der Waals surface area (Å²) in [5, 5.41) is 0.985. The Kier molecular flexibility index (Phi) is 3.24. The third-order valence-electron chi connectivity index (χ3n) is 2.64. The minimum absolute atomic E-state index is 0.692. The molecule has 1 aliphatic rings. The molecule has 0 aromatic carbocycles. The van der Waals surface area contributed by atoms with Gasteiger partial charge in [0.1, 0.15) is 0 Å². The molecular formula is C11H16BrN3. The van der Waals surface area contributed by atoms with E-state index in [2.05, 4.69) is 30.8 Å². The van der Waals surface area contributed by atoms with E-state index in [1.54, 1.807) is 0 Å². The molecular weight excluding hydrogens is 254 g/mol. The first-order chi connectivity index (χ1) is 7.22. The van der Waals surface area contributed by atoms with E-state index in [1.165, 1.54) is 12.8 Å². The molecule has 0 atom stereocenters. The summed E-state index contributed by atoms with van der Waals surface area (Å²) in [7, 11) is 0. The van der Waals surface area contributed by atoms with Gasteiger partial charge in [0.15, 0.2) is 5.82 Å². The van der Waals surface area contributed by atoms with Gasteiger partial charge < -0.3 is 4.90 Å². The van der Waals surface area contributed by atoms with Crippen molar-refractivity contribution in [3.05, 3.63) is 17.6 Å². The summed E-state index contributed by atoms with van der Waals surface area (Å²) in [5.41, 5.74) is 2.03. The van der Waals surface area contributed by atoms with Crippen LogP contribution in [0.5, 0.6) is 0 Å². The second-order valence-electron chi connectivity index (χ2n) is 4.03. The van der Waals surface area contributed by atoms with Crippen LogP contribution in [0, 0.1) is 13.8 Å². The van der Waals surface area contributed by atoms with Crippen molar-refractivity contribution in [3.63, 3.8) is 0 Å². The van der Waals surface area contributed by atoms with Crippen LogP contribution >= 0.6 is 15.9 Å². The van der Waals surface area contributed by atoms with E-state index in [0.717, 1.165) is 29.1 Å². The van der Waals surface area contributed by atoms with Gasteiger partial charge in [0.05, 0.1) is 11.4 Å². The number of anilines is 1. The van der Waals surface area contributed by atoms with Crippen LogP contribution in [0.25, 0.3) is 0 Å². The van der Waals surface area contributed by atoms with E-state index in [9.17, 15) is 0 Å². The molecule has 0 bridgehead atoms. The number of aromatic nitrogens is 2. The highest BCUT2D eigenvalue weighted by Crippen LogP contribution is 2.31. The lowest BCUT2D eigenvalue weighted by atomic mass is 10.3. The Bertz CT molecular complexity index is 350. The molecule has 0 amide bonds. The van der Waals surface area contributed by atoms with Gasteiger partial charge >= 0.3 is 0 Å². The molecule has 2 rings (SSSR count). The third-order valence-corrected chi connectivity index (χ3v) is 2.99. The standard InChI is InChI=1S/C11H16BrN3/c1-8-7-13-9(2)11(14-8)15(6-5-12)10-3-4-10/h7,10H,3-6H2,1-2H3. The van der Waals surface area contributed by atoms with E-state index < -0.39 is 0 Å². The highest BCUT2D eigenvalue weighted by molar-refractivity contribution is 9.09. The molecule has 4 heteroatoms. The molecule has 0 saturated heterocycles. The summed E-state index contributed by atoms with van der Waals surface area (Å²) in [6, 6.07) is 0.692. The summed E-state index contributed by atoms with van der Waals surface area (Å²) in [6.07, 6.45) is 4.42. The van der Waals surface area contributed by atoms with Crippen molar-refractivity contribution in [1.29, 1.82) is 0 Å². The van der Waals surface area contributed by atoms with Gasteiger partial charge in [-0.3, -0.25) is 4.98 Å². The summed E-state index contributed by atoms with van der Waals surface area (Å²) >= 11 is 3.50. The molecule has 0 aliphatic heterocycles. The largest absolute Gasteiger partial charge is 0.351 e. The van der Waals surface area contributed by atoms with Crippen LogP contribution in [0.3, 0.4) is 0 Å². The Balaban J connectivity index is 2.27. The first kappa shape index (κ1) is 10.9. The molecule has 1 aromatic rings. The normalized spacial score (nSPS) is 15.4. The van der Waals surface area contributed by atoms with Crippen molar-refractivity contribution in [3.8, 4) is 0 Å². The second-order valence-corrected chi connectivity index (χ2v) is 4.83. The fraction of sp³-hybridized carbons (Fsp3) is 0.636. The lowest BCUT2D eigenvalue weighted by Gasteiger charge is -2.23. The van der Waals surface area contributed by atoms with Crippen LogP contribution < -0.4 is 4.90 Å². The number of hydrogen-bond acceptors (Lipinski definition) is 3. The Morgan fingerprint density at radius 2 is 2.20 bits per heavy atom. The minimum Gasteiger partial charge on any atom is -0.351 e. The molecule has 82 valence electrons. The molecule has 15 heavy (non-hydrogen) atoms. The minimum atomic E-state index is 0.692. The van der Waals surface area contributed by atoms with Gasteiger partial charge in [-0.2, -0.15) is 0 Å². The number of halogens is 1. The van der Waals surface area contributed by atoms with Crippen molar-refractivity contribution in [2.24, 2.45) is 0 Å². The maximum absolute atomic E-state index is 4.60. The zero-order valence-electron chi connectivity index (χ0n) is 9.20. The second kappa shape index (κ2) is 4.47. The van der Waals surface area contributed by atoms with E-state index in [4.69, 9.17) is 0 Å². The van der Waals surface area contributed by atoms with Gasteiger partial charge in [-0.05, 0) is 26.7 Å². The van der Waals surface area contributed by atoms with Gasteiger partial charge in [-0.1, -0.05) is 15.9 Å². The average molecular weight is 270 g/mol. The summed E-state index contributed by atoms with van der Waals surface area (Å²) in [6.45, 7) is 5.05. The SMILES string of the molecule is Cc1cnc(C)c(N(CCBr)C2CC2)n1. The summed E-state index contributed by atoms with van der Waals surface area (Å²) in [4.78, 5) is 11.3. The molecule has 1 heterocycles. The topological polar surface area (TPSA) is 29.0 Å². The Morgan fingerprint density at radius 3 is 2.80 bits per heavy atom.